The van der Waals surface area contributed by atoms with E-state index in [4.69, 9.17) is 0 Å². The lowest BCUT2D eigenvalue weighted by Crippen LogP contribution is -2.31. The van der Waals surface area contributed by atoms with Crippen molar-refractivity contribution in [1.29, 1.82) is 0 Å². The van der Waals surface area contributed by atoms with Gasteiger partial charge >= 0.3 is 0 Å². The first-order chi connectivity index (χ1) is 6.05. The minimum Gasteiger partial charge on any atom is -0.267 e. The maximum Gasteiger partial charge on any atom is 0.276 e. The van der Waals surface area contributed by atoms with E-state index in [0.29, 0.717) is 0 Å². The molecular weight excluding hydrogens is 212 g/mol. The summed E-state index contributed by atoms with van der Waals surface area (Å²) in [6.07, 6.45) is 1.32. The number of hydrogen-bond acceptors (Lipinski definition) is 5. The van der Waals surface area contributed by atoms with Crippen LogP contribution in [-0.2, 0) is 10.0 Å². The fraction of sp³-hybridized carbons (Fsp3) is 0.333. The first-order valence-electron chi connectivity index (χ1n) is 3.48. The third-order valence-corrected chi connectivity index (χ3v) is 3.31. The molecule has 1 aromatic rings. The Morgan fingerprint density at radius 3 is 2.85 bits per heavy atom. The highest BCUT2D eigenvalue weighted by molar-refractivity contribution is 7.90. The molecule has 0 unspecified atom stereocenters. The van der Waals surface area contributed by atoms with Crippen molar-refractivity contribution in [3.8, 4) is 0 Å². The van der Waals surface area contributed by atoms with Crippen LogP contribution in [0.4, 0.5) is 0 Å². The molecule has 0 bridgehead atoms. The van der Waals surface area contributed by atoms with Gasteiger partial charge < -0.3 is 0 Å². The summed E-state index contributed by atoms with van der Waals surface area (Å²) in [5.74, 6) is -0.735. The quantitative estimate of drug-likeness (QED) is 0.790. The van der Waals surface area contributed by atoms with E-state index in [0.717, 1.165) is 11.3 Å². The molecule has 7 heteroatoms. The number of amides is 1. The minimum atomic E-state index is -3.47. The average Bonchev–Trinajstić information content (AvgIpc) is 2.55. The first-order valence-corrected chi connectivity index (χ1v) is 6.01. The Bertz CT molecular complexity index is 382. The highest BCUT2D eigenvalue weighted by atomic mass is 32.2. The van der Waals surface area contributed by atoms with E-state index in [1.165, 1.54) is 18.6 Å². The second-order valence-electron chi connectivity index (χ2n) is 2.20. The SMILES string of the molecule is CCS(=O)(=O)NC(=O)c1cncs1. The summed E-state index contributed by atoms with van der Waals surface area (Å²) >= 11 is 1.09. The molecule has 1 rings (SSSR count). The molecule has 0 atom stereocenters. The maximum absolute atomic E-state index is 11.2. The molecule has 0 aromatic carbocycles. The van der Waals surface area contributed by atoms with E-state index in [1.807, 2.05) is 4.72 Å². The number of sulfonamides is 1. The maximum atomic E-state index is 11.2. The van der Waals surface area contributed by atoms with E-state index in [-0.39, 0.29) is 10.6 Å². The van der Waals surface area contributed by atoms with Gasteiger partial charge in [-0.05, 0) is 6.92 Å². The number of nitrogens with zero attached hydrogens (tertiary/aromatic N) is 1. The Morgan fingerprint density at radius 2 is 2.38 bits per heavy atom. The molecule has 1 N–H and O–H groups in total. The molecule has 0 aliphatic heterocycles. The summed E-state index contributed by atoms with van der Waals surface area (Å²) in [7, 11) is -3.47. The number of carbonyl (C=O) groups excluding carboxylic acids is 1. The van der Waals surface area contributed by atoms with Crippen LogP contribution in [0, 0.1) is 0 Å². The fourth-order valence-electron chi connectivity index (χ4n) is 0.592. The van der Waals surface area contributed by atoms with Gasteiger partial charge in [-0.1, -0.05) is 0 Å². The van der Waals surface area contributed by atoms with Gasteiger partial charge in [-0.3, -0.25) is 9.78 Å². The monoisotopic (exact) mass is 220 g/mol. The van der Waals surface area contributed by atoms with Gasteiger partial charge in [0, 0.05) is 0 Å². The van der Waals surface area contributed by atoms with E-state index < -0.39 is 15.9 Å². The highest BCUT2D eigenvalue weighted by Crippen LogP contribution is 2.05. The molecule has 1 aromatic heterocycles. The Kier molecular flexibility index (Phi) is 2.99. The molecule has 0 radical (unpaired) electrons. The van der Waals surface area contributed by atoms with Crippen LogP contribution in [0.1, 0.15) is 16.6 Å². The largest absolute Gasteiger partial charge is 0.276 e. The van der Waals surface area contributed by atoms with Crippen LogP contribution >= 0.6 is 11.3 Å². The van der Waals surface area contributed by atoms with Crippen LogP contribution in [0.25, 0.3) is 0 Å². The van der Waals surface area contributed by atoms with Gasteiger partial charge in [0.15, 0.2) is 0 Å². The molecule has 0 saturated heterocycles. The standard InChI is InChI=1S/C6H8N2O3S2/c1-2-13(10,11)8-6(9)5-3-7-4-12-5/h3-4H,2H2,1H3,(H,8,9). The van der Waals surface area contributed by atoms with Crippen molar-refractivity contribution in [1.82, 2.24) is 9.71 Å². The van der Waals surface area contributed by atoms with Gasteiger partial charge in [0.1, 0.15) is 4.88 Å². The van der Waals surface area contributed by atoms with E-state index in [1.54, 1.807) is 0 Å². The summed E-state index contributed by atoms with van der Waals surface area (Å²) in [6, 6.07) is 0. The van der Waals surface area contributed by atoms with Crippen LogP contribution in [-0.4, -0.2) is 25.1 Å². The number of hydrogen-bond donors (Lipinski definition) is 1. The van der Waals surface area contributed by atoms with Crippen molar-refractivity contribution in [2.24, 2.45) is 0 Å². The number of rotatable bonds is 3. The predicted molar refractivity (Wildman–Crippen MR) is 49.0 cm³/mol. The molecule has 0 fully saturated rings. The summed E-state index contributed by atoms with van der Waals surface area (Å²) in [5, 5.41) is 0. The fourth-order valence-corrected chi connectivity index (χ4v) is 1.71. The van der Waals surface area contributed by atoms with Crippen molar-refractivity contribution in [2.75, 3.05) is 5.75 Å². The van der Waals surface area contributed by atoms with Crippen LogP contribution in [0.2, 0.25) is 0 Å². The van der Waals surface area contributed by atoms with Gasteiger partial charge in [0.25, 0.3) is 5.91 Å². The average molecular weight is 220 g/mol. The summed E-state index contributed by atoms with van der Waals surface area (Å²) in [4.78, 5) is 15.1. The number of aromatic nitrogens is 1. The second-order valence-corrected chi connectivity index (χ2v) is 5.10. The number of carbonyl (C=O) groups is 1. The topological polar surface area (TPSA) is 76.1 Å². The molecule has 0 spiro atoms. The zero-order valence-corrected chi connectivity index (χ0v) is 8.48. The van der Waals surface area contributed by atoms with Gasteiger partial charge in [0.2, 0.25) is 10.0 Å². The van der Waals surface area contributed by atoms with Gasteiger partial charge in [-0.25, -0.2) is 13.1 Å². The lowest BCUT2D eigenvalue weighted by Gasteiger charge is -2.00. The lowest BCUT2D eigenvalue weighted by atomic mass is 10.5. The van der Waals surface area contributed by atoms with Crippen molar-refractivity contribution in [3.05, 3.63) is 16.6 Å². The normalized spacial score (nSPS) is 11.2. The molecule has 5 nitrogen and oxygen atoms in total. The third kappa shape index (κ3) is 2.78. The molecule has 1 heterocycles. The second kappa shape index (κ2) is 3.84. The molecule has 13 heavy (non-hydrogen) atoms. The predicted octanol–water partition coefficient (Wildman–Crippen LogP) is 0.223. The zero-order valence-electron chi connectivity index (χ0n) is 6.85. The molecule has 0 aliphatic rings. The lowest BCUT2D eigenvalue weighted by molar-refractivity contribution is 0.0985. The Morgan fingerprint density at radius 1 is 1.69 bits per heavy atom. The highest BCUT2D eigenvalue weighted by Gasteiger charge is 2.14. The van der Waals surface area contributed by atoms with Crippen LogP contribution in [0.5, 0.6) is 0 Å². The molecule has 0 saturated carbocycles. The van der Waals surface area contributed by atoms with Crippen molar-refractivity contribution >= 4 is 27.3 Å². The van der Waals surface area contributed by atoms with Gasteiger partial charge in [0.05, 0.1) is 17.5 Å². The van der Waals surface area contributed by atoms with Crippen LogP contribution in [0.15, 0.2) is 11.7 Å². The van der Waals surface area contributed by atoms with Crippen LogP contribution in [0.3, 0.4) is 0 Å². The van der Waals surface area contributed by atoms with Crippen molar-refractivity contribution in [3.63, 3.8) is 0 Å². The zero-order chi connectivity index (χ0) is 9.90. The Balaban J connectivity index is 2.73. The molecule has 72 valence electrons. The Hall–Kier alpha value is -0.950. The van der Waals surface area contributed by atoms with Gasteiger partial charge in [-0.2, -0.15) is 0 Å². The van der Waals surface area contributed by atoms with E-state index in [9.17, 15) is 13.2 Å². The van der Waals surface area contributed by atoms with E-state index in [2.05, 4.69) is 4.98 Å². The van der Waals surface area contributed by atoms with Crippen molar-refractivity contribution < 1.29 is 13.2 Å². The summed E-state index contributed by atoms with van der Waals surface area (Å²) in [5.41, 5.74) is 1.47. The van der Waals surface area contributed by atoms with Gasteiger partial charge in [-0.15, -0.1) is 11.3 Å². The molecular formula is C6H8N2O3S2. The molecule has 0 aliphatic carbocycles. The Labute approximate surface area is 79.9 Å². The smallest absolute Gasteiger partial charge is 0.267 e. The van der Waals surface area contributed by atoms with Crippen molar-refractivity contribution in [2.45, 2.75) is 6.92 Å². The molecule has 1 amide bonds. The first kappa shape index (κ1) is 10.1. The van der Waals surface area contributed by atoms with Crippen LogP contribution < -0.4 is 4.72 Å². The van der Waals surface area contributed by atoms with E-state index >= 15 is 0 Å². The summed E-state index contributed by atoms with van der Waals surface area (Å²) in [6.45, 7) is 1.46. The number of nitrogens with one attached hydrogen (secondary N) is 1. The minimum absolute atomic E-state index is 0.114. The third-order valence-electron chi connectivity index (χ3n) is 1.28. The summed E-state index contributed by atoms with van der Waals surface area (Å²) < 4.78 is 23.8. The number of thiazole rings is 1.